The lowest BCUT2D eigenvalue weighted by Crippen LogP contribution is -2.46. The standard InChI is InChI=1S/C29H34N8O/c1-3-7-25(24-10-4-5-15-31-24)32-27(38)22-8-6-9-23(20-22)34-29(13-18-37(2)19-14-29)28-33-26(35-36-28)21-11-16-30-17-12-21/h4-6,8-12,15-17,20,25,34H,3,7,13-14,18-19H2,1-2H3,(H,32,38)(H,33,35,36)/t25-/m0/s1. The van der Waals surface area contributed by atoms with E-state index in [1.165, 1.54) is 0 Å². The van der Waals surface area contributed by atoms with Gasteiger partial charge in [-0.15, -0.1) is 0 Å². The van der Waals surface area contributed by atoms with E-state index >= 15 is 0 Å². The number of amides is 1. The first kappa shape index (κ1) is 25.5. The minimum atomic E-state index is -0.432. The average Bonchev–Trinajstić information content (AvgIpc) is 3.47. The zero-order chi connectivity index (χ0) is 26.4. The van der Waals surface area contributed by atoms with Crippen molar-refractivity contribution in [2.75, 3.05) is 25.5 Å². The van der Waals surface area contributed by atoms with Crippen LogP contribution in [0.1, 0.15) is 60.5 Å². The van der Waals surface area contributed by atoms with Crippen LogP contribution in [-0.2, 0) is 5.54 Å². The molecule has 0 bridgehead atoms. The van der Waals surface area contributed by atoms with Gasteiger partial charge in [-0.25, -0.2) is 4.98 Å². The number of hydrogen-bond donors (Lipinski definition) is 3. The second kappa shape index (κ2) is 11.5. The van der Waals surface area contributed by atoms with Crippen LogP contribution < -0.4 is 10.6 Å². The average molecular weight is 511 g/mol. The Labute approximate surface area is 223 Å². The van der Waals surface area contributed by atoms with Crippen LogP contribution in [0.15, 0.2) is 73.2 Å². The van der Waals surface area contributed by atoms with Crippen molar-refractivity contribution >= 4 is 11.6 Å². The van der Waals surface area contributed by atoms with Crippen molar-refractivity contribution in [3.8, 4) is 11.4 Å². The highest BCUT2D eigenvalue weighted by Crippen LogP contribution is 2.35. The van der Waals surface area contributed by atoms with Gasteiger partial charge in [0.05, 0.1) is 17.3 Å². The summed E-state index contributed by atoms with van der Waals surface area (Å²) in [5.74, 6) is 1.33. The molecule has 38 heavy (non-hydrogen) atoms. The van der Waals surface area contributed by atoms with Gasteiger partial charge in [-0.05, 0) is 68.8 Å². The van der Waals surface area contributed by atoms with Gasteiger partial charge >= 0.3 is 0 Å². The monoisotopic (exact) mass is 510 g/mol. The Hall–Kier alpha value is -4.11. The van der Waals surface area contributed by atoms with Crippen molar-refractivity contribution in [1.82, 2.24) is 35.4 Å². The number of nitrogens with zero attached hydrogens (tertiary/aromatic N) is 5. The lowest BCUT2D eigenvalue weighted by molar-refractivity contribution is 0.0933. The molecule has 4 heterocycles. The third kappa shape index (κ3) is 5.73. The summed E-state index contributed by atoms with van der Waals surface area (Å²) in [5.41, 5.74) is 2.83. The first-order valence-corrected chi connectivity index (χ1v) is 13.2. The molecule has 0 radical (unpaired) electrons. The molecule has 1 atom stereocenters. The van der Waals surface area contributed by atoms with E-state index in [9.17, 15) is 4.79 Å². The van der Waals surface area contributed by atoms with E-state index in [0.29, 0.717) is 11.4 Å². The number of carbonyl (C=O) groups excluding carboxylic acids is 1. The van der Waals surface area contributed by atoms with E-state index in [-0.39, 0.29) is 11.9 Å². The number of likely N-dealkylation sites (tertiary alicyclic amines) is 1. The predicted molar refractivity (Wildman–Crippen MR) is 147 cm³/mol. The molecule has 9 heteroatoms. The van der Waals surface area contributed by atoms with Gasteiger partial charge in [-0.3, -0.25) is 19.9 Å². The van der Waals surface area contributed by atoms with Crippen LogP contribution in [0.2, 0.25) is 0 Å². The number of carbonyl (C=O) groups is 1. The number of hydrogen-bond acceptors (Lipinski definition) is 7. The van der Waals surface area contributed by atoms with Crippen molar-refractivity contribution in [2.24, 2.45) is 0 Å². The maximum atomic E-state index is 13.3. The number of rotatable bonds is 9. The molecule has 4 aromatic rings. The Morgan fingerprint density at radius 2 is 1.89 bits per heavy atom. The minimum Gasteiger partial charge on any atom is -0.373 e. The molecule has 3 N–H and O–H groups in total. The molecule has 1 fully saturated rings. The Morgan fingerprint density at radius 3 is 2.63 bits per heavy atom. The largest absolute Gasteiger partial charge is 0.373 e. The van der Waals surface area contributed by atoms with Crippen molar-refractivity contribution in [3.05, 3.63) is 90.3 Å². The summed E-state index contributed by atoms with van der Waals surface area (Å²) >= 11 is 0. The quantitative estimate of drug-likeness (QED) is 0.302. The van der Waals surface area contributed by atoms with E-state index in [1.807, 2.05) is 54.6 Å². The number of piperidine rings is 1. The second-order valence-electron chi connectivity index (χ2n) is 9.90. The number of nitrogens with one attached hydrogen (secondary N) is 3. The van der Waals surface area contributed by atoms with Crippen molar-refractivity contribution in [3.63, 3.8) is 0 Å². The molecule has 0 spiro atoms. The molecule has 0 aliphatic carbocycles. The van der Waals surface area contributed by atoms with E-state index in [2.05, 4.69) is 49.7 Å². The molecule has 1 aliphatic rings. The van der Waals surface area contributed by atoms with E-state index in [4.69, 9.17) is 4.98 Å². The van der Waals surface area contributed by atoms with Gasteiger partial charge in [-0.2, -0.15) is 5.10 Å². The first-order valence-electron chi connectivity index (χ1n) is 13.2. The number of anilines is 1. The summed E-state index contributed by atoms with van der Waals surface area (Å²) < 4.78 is 0. The predicted octanol–water partition coefficient (Wildman–Crippen LogP) is 4.57. The molecule has 196 valence electrons. The summed E-state index contributed by atoms with van der Waals surface area (Å²) in [6.45, 7) is 3.94. The topological polar surface area (TPSA) is 112 Å². The van der Waals surface area contributed by atoms with Crippen LogP contribution >= 0.6 is 0 Å². The number of benzene rings is 1. The van der Waals surface area contributed by atoms with E-state index in [1.54, 1.807) is 18.6 Å². The highest BCUT2D eigenvalue weighted by molar-refractivity contribution is 5.95. The number of pyridine rings is 2. The number of aromatic nitrogens is 5. The highest BCUT2D eigenvalue weighted by Gasteiger charge is 2.39. The smallest absolute Gasteiger partial charge is 0.251 e. The molecular weight excluding hydrogens is 476 g/mol. The normalized spacial score (nSPS) is 16.1. The third-order valence-electron chi connectivity index (χ3n) is 7.15. The second-order valence-corrected chi connectivity index (χ2v) is 9.90. The third-order valence-corrected chi connectivity index (χ3v) is 7.15. The zero-order valence-corrected chi connectivity index (χ0v) is 21.9. The maximum Gasteiger partial charge on any atom is 0.251 e. The molecule has 0 saturated carbocycles. The molecule has 0 unspecified atom stereocenters. The van der Waals surface area contributed by atoms with Crippen molar-refractivity contribution in [1.29, 1.82) is 0 Å². The van der Waals surface area contributed by atoms with Gasteiger partial charge in [0.1, 0.15) is 0 Å². The Balaban J connectivity index is 1.38. The molecule has 1 aromatic carbocycles. The fraction of sp³-hybridized carbons (Fsp3) is 0.345. The number of H-pyrrole nitrogens is 1. The van der Waals surface area contributed by atoms with E-state index < -0.39 is 5.54 Å². The van der Waals surface area contributed by atoms with Crippen LogP contribution in [0.25, 0.3) is 11.4 Å². The maximum absolute atomic E-state index is 13.3. The summed E-state index contributed by atoms with van der Waals surface area (Å²) in [4.78, 5) is 29.0. The molecule has 1 saturated heterocycles. The molecule has 9 nitrogen and oxygen atoms in total. The van der Waals surface area contributed by atoms with Crippen LogP contribution in [-0.4, -0.2) is 56.1 Å². The summed E-state index contributed by atoms with van der Waals surface area (Å²) in [6.07, 6.45) is 8.71. The SMILES string of the molecule is CCC[C@H](NC(=O)c1cccc(NC2(c3nc(-c4ccncc4)n[nH]3)CCN(C)CC2)c1)c1ccccn1. The van der Waals surface area contributed by atoms with Crippen LogP contribution in [0, 0.1) is 0 Å². The lowest BCUT2D eigenvalue weighted by atomic mass is 9.86. The van der Waals surface area contributed by atoms with Gasteiger partial charge in [0, 0.05) is 48.5 Å². The fourth-order valence-corrected chi connectivity index (χ4v) is 4.95. The molecular formula is C29H34N8O. The zero-order valence-electron chi connectivity index (χ0n) is 21.9. The van der Waals surface area contributed by atoms with Crippen LogP contribution in [0.4, 0.5) is 5.69 Å². The van der Waals surface area contributed by atoms with Crippen molar-refractivity contribution in [2.45, 2.75) is 44.2 Å². The fourth-order valence-electron chi connectivity index (χ4n) is 4.95. The molecule has 1 aliphatic heterocycles. The lowest BCUT2D eigenvalue weighted by Gasteiger charge is -2.40. The van der Waals surface area contributed by atoms with Gasteiger partial charge < -0.3 is 15.5 Å². The highest BCUT2D eigenvalue weighted by atomic mass is 16.1. The van der Waals surface area contributed by atoms with Crippen molar-refractivity contribution < 1.29 is 4.79 Å². The Bertz CT molecular complexity index is 1330. The molecule has 1 amide bonds. The Morgan fingerprint density at radius 1 is 1.08 bits per heavy atom. The van der Waals surface area contributed by atoms with Crippen LogP contribution in [0.5, 0.6) is 0 Å². The van der Waals surface area contributed by atoms with Gasteiger partial charge in [0.15, 0.2) is 11.6 Å². The van der Waals surface area contributed by atoms with E-state index in [0.717, 1.165) is 61.5 Å². The van der Waals surface area contributed by atoms with Crippen LogP contribution in [0.3, 0.4) is 0 Å². The van der Waals surface area contributed by atoms with Gasteiger partial charge in [-0.1, -0.05) is 25.5 Å². The van der Waals surface area contributed by atoms with Gasteiger partial charge in [0.2, 0.25) is 0 Å². The Kier molecular flexibility index (Phi) is 7.74. The minimum absolute atomic E-state index is 0.116. The summed E-state index contributed by atoms with van der Waals surface area (Å²) in [6, 6.07) is 17.1. The first-order chi connectivity index (χ1) is 18.6. The number of aromatic amines is 1. The summed E-state index contributed by atoms with van der Waals surface area (Å²) in [7, 11) is 2.13. The van der Waals surface area contributed by atoms with Gasteiger partial charge in [0.25, 0.3) is 5.91 Å². The molecule has 5 rings (SSSR count). The summed E-state index contributed by atoms with van der Waals surface area (Å²) in [5, 5.41) is 14.6. The molecule has 3 aromatic heterocycles.